The van der Waals surface area contributed by atoms with Crippen molar-refractivity contribution in [3.05, 3.63) is 29.8 Å². The summed E-state index contributed by atoms with van der Waals surface area (Å²) in [4.78, 5) is 0. The highest BCUT2D eigenvalue weighted by atomic mass is 16.5. The van der Waals surface area contributed by atoms with E-state index in [0.29, 0.717) is 0 Å². The third-order valence-corrected chi connectivity index (χ3v) is 8.38. The highest BCUT2D eigenvalue weighted by Gasteiger charge is 2.38. The van der Waals surface area contributed by atoms with E-state index in [1.54, 1.807) is 19.1 Å². The lowest BCUT2D eigenvalue weighted by molar-refractivity contribution is 0.0716. The Morgan fingerprint density at radius 1 is 0.731 bits per heavy atom. The van der Waals surface area contributed by atoms with E-state index in [9.17, 15) is 0 Å². The fourth-order valence-corrected chi connectivity index (χ4v) is 6.60. The van der Waals surface area contributed by atoms with Gasteiger partial charge in [0.25, 0.3) is 0 Å². The van der Waals surface area contributed by atoms with Crippen molar-refractivity contribution in [3.8, 4) is 5.75 Å². The van der Waals surface area contributed by atoms with Crippen LogP contribution in [0, 0.1) is 29.6 Å². The van der Waals surface area contributed by atoms with Crippen LogP contribution in [-0.4, -0.2) is 7.11 Å². The van der Waals surface area contributed by atoms with Crippen molar-refractivity contribution in [1.29, 1.82) is 0 Å². The number of benzene rings is 1. The molecule has 0 N–H and O–H groups in total. The van der Waals surface area contributed by atoms with Crippen LogP contribution < -0.4 is 4.74 Å². The lowest BCUT2D eigenvalue weighted by Gasteiger charge is -2.45. The topological polar surface area (TPSA) is 9.23 Å². The fraction of sp³-hybridized carbons (Fsp3) is 0.760. The van der Waals surface area contributed by atoms with Gasteiger partial charge in [-0.3, -0.25) is 0 Å². The smallest absolute Gasteiger partial charge is 0.118 e. The molecule has 4 rings (SSSR count). The van der Waals surface area contributed by atoms with Gasteiger partial charge in [-0.15, -0.1) is 0 Å². The molecule has 3 aliphatic carbocycles. The molecular weight excluding hydrogens is 316 g/mol. The van der Waals surface area contributed by atoms with Crippen molar-refractivity contribution < 1.29 is 4.74 Å². The lowest BCUT2D eigenvalue weighted by atomic mass is 9.60. The molecule has 0 aliphatic heterocycles. The van der Waals surface area contributed by atoms with Crippen molar-refractivity contribution >= 4 is 0 Å². The molecule has 1 heteroatoms. The summed E-state index contributed by atoms with van der Waals surface area (Å²) in [6.07, 6.45) is 16.4. The Labute approximate surface area is 160 Å². The van der Waals surface area contributed by atoms with Crippen molar-refractivity contribution in [3.63, 3.8) is 0 Å². The van der Waals surface area contributed by atoms with Crippen LogP contribution in [0.4, 0.5) is 0 Å². The summed E-state index contributed by atoms with van der Waals surface area (Å²) in [6.45, 7) is 2.39. The monoisotopic (exact) mass is 354 g/mol. The van der Waals surface area contributed by atoms with E-state index in [-0.39, 0.29) is 0 Å². The molecule has 3 fully saturated rings. The van der Waals surface area contributed by atoms with Crippen LogP contribution in [0.1, 0.15) is 89.0 Å². The molecule has 0 spiro atoms. The van der Waals surface area contributed by atoms with Gasteiger partial charge in [0.2, 0.25) is 0 Å². The number of methoxy groups -OCH3 is 1. The quantitative estimate of drug-likeness (QED) is 0.555. The average Bonchev–Trinajstić information content (AvgIpc) is 2.73. The average molecular weight is 355 g/mol. The number of hydrogen-bond acceptors (Lipinski definition) is 1. The largest absolute Gasteiger partial charge is 0.497 e. The second-order valence-electron chi connectivity index (χ2n) is 9.57. The van der Waals surface area contributed by atoms with Crippen LogP contribution in [0.5, 0.6) is 5.75 Å². The molecule has 4 atom stereocenters. The standard InChI is InChI=1S/C25H38O/c1-3-18-4-6-19(7-5-18)21-8-10-24-17-22(9-11-23(24)16-21)20-12-14-25(26-2)15-13-20/h12-15,18-19,21-24H,3-11,16-17H2,1-2H3. The minimum atomic E-state index is 0.790. The summed E-state index contributed by atoms with van der Waals surface area (Å²) in [5, 5.41) is 0. The first-order valence-corrected chi connectivity index (χ1v) is 11.4. The van der Waals surface area contributed by atoms with Crippen molar-refractivity contribution in [2.24, 2.45) is 29.6 Å². The molecule has 1 aromatic carbocycles. The molecule has 1 nitrogen and oxygen atoms in total. The second kappa shape index (κ2) is 8.36. The van der Waals surface area contributed by atoms with Crippen molar-refractivity contribution in [2.75, 3.05) is 7.11 Å². The number of hydrogen-bond donors (Lipinski definition) is 0. The van der Waals surface area contributed by atoms with E-state index in [1.165, 1.54) is 64.2 Å². The first kappa shape index (κ1) is 18.4. The zero-order valence-corrected chi connectivity index (χ0v) is 17.0. The minimum Gasteiger partial charge on any atom is -0.497 e. The zero-order valence-electron chi connectivity index (χ0n) is 17.0. The van der Waals surface area contributed by atoms with Crippen LogP contribution in [0.3, 0.4) is 0 Å². The minimum absolute atomic E-state index is 0.790. The molecule has 0 amide bonds. The van der Waals surface area contributed by atoms with Gasteiger partial charge in [-0.1, -0.05) is 38.3 Å². The molecule has 0 saturated heterocycles. The maximum absolute atomic E-state index is 5.33. The molecular formula is C25H38O. The maximum Gasteiger partial charge on any atom is 0.118 e. The van der Waals surface area contributed by atoms with E-state index in [0.717, 1.165) is 41.3 Å². The van der Waals surface area contributed by atoms with E-state index in [2.05, 4.69) is 31.2 Å². The van der Waals surface area contributed by atoms with Crippen LogP contribution >= 0.6 is 0 Å². The first-order valence-electron chi connectivity index (χ1n) is 11.4. The third-order valence-electron chi connectivity index (χ3n) is 8.38. The predicted octanol–water partition coefficient (Wildman–Crippen LogP) is 7.21. The summed E-state index contributed by atoms with van der Waals surface area (Å²) >= 11 is 0. The molecule has 0 heterocycles. The Hall–Kier alpha value is -0.980. The molecule has 0 bridgehead atoms. The molecule has 4 unspecified atom stereocenters. The number of ether oxygens (including phenoxy) is 1. The molecule has 0 aromatic heterocycles. The Kier molecular flexibility index (Phi) is 5.91. The van der Waals surface area contributed by atoms with Gasteiger partial charge >= 0.3 is 0 Å². The van der Waals surface area contributed by atoms with E-state index in [4.69, 9.17) is 4.74 Å². The summed E-state index contributed by atoms with van der Waals surface area (Å²) in [5.41, 5.74) is 1.55. The van der Waals surface area contributed by atoms with Gasteiger partial charge in [0.15, 0.2) is 0 Å². The zero-order chi connectivity index (χ0) is 17.9. The van der Waals surface area contributed by atoms with Gasteiger partial charge in [0, 0.05) is 0 Å². The third kappa shape index (κ3) is 3.97. The van der Waals surface area contributed by atoms with Crippen molar-refractivity contribution in [2.45, 2.75) is 83.5 Å². The van der Waals surface area contributed by atoms with Crippen LogP contribution in [-0.2, 0) is 0 Å². The number of fused-ring (bicyclic) bond motifs is 1. The molecule has 26 heavy (non-hydrogen) atoms. The van der Waals surface area contributed by atoms with E-state index < -0.39 is 0 Å². The van der Waals surface area contributed by atoms with Gasteiger partial charge < -0.3 is 4.74 Å². The van der Waals surface area contributed by atoms with Crippen LogP contribution in [0.2, 0.25) is 0 Å². The highest BCUT2D eigenvalue weighted by molar-refractivity contribution is 5.29. The summed E-state index contributed by atoms with van der Waals surface area (Å²) in [7, 11) is 1.76. The second-order valence-corrected chi connectivity index (χ2v) is 9.57. The van der Waals surface area contributed by atoms with E-state index in [1.807, 2.05) is 0 Å². The molecule has 1 aromatic rings. The number of rotatable bonds is 4. The van der Waals surface area contributed by atoms with Gasteiger partial charge in [-0.05, 0) is 105 Å². The maximum atomic E-state index is 5.33. The van der Waals surface area contributed by atoms with Gasteiger partial charge in [-0.2, -0.15) is 0 Å². The predicted molar refractivity (Wildman–Crippen MR) is 110 cm³/mol. The molecule has 3 saturated carbocycles. The Bertz CT molecular complexity index is 554. The highest BCUT2D eigenvalue weighted by Crippen LogP contribution is 2.51. The normalized spacial score (nSPS) is 37.8. The van der Waals surface area contributed by atoms with Gasteiger partial charge in [0.1, 0.15) is 5.75 Å². The molecule has 0 radical (unpaired) electrons. The lowest BCUT2D eigenvalue weighted by Crippen LogP contribution is -2.34. The summed E-state index contributed by atoms with van der Waals surface area (Å²) < 4.78 is 5.33. The SMILES string of the molecule is CCC1CCC(C2CCC3CC(c4ccc(OC)cc4)CCC3C2)CC1. The Morgan fingerprint density at radius 3 is 1.96 bits per heavy atom. The fourth-order valence-electron chi connectivity index (χ4n) is 6.60. The Balaban J connectivity index is 1.31. The summed E-state index contributed by atoms with van der Waals surface area (Å²) in [6, 6.07) is 8.90. The van der Waals surface area contributed by atoms with Crippen LogP contribution in [0.25, 0.3) is 0 Å². The molecule has 3 aliphatic rings. The molecule has 144 valence electrons. The van der Waals surface area contributed by atoms with Crippen LogP contribution in [0.15, 0.2) is 24.3 Å². The summed E-state index contributed by atoms with van der Waals surface area (Å²) in [5.74, 6) is 6.98. The van der Waals surface area contributed by atoms with Gasteiger partial charge in [-0.25, -0.2) is 0 Å². The first-order chi connectivity index (χ1) is 12.8. The van der Waals surface area contributed by atoms with Crippen molar-refractivity contribution in [1.82, 2.24) is 0 Å². The van der Waals surface area contributed by atoms with Gasteiger partial charge in [0.05, 0.1) is 7.11 Å². The van der Waals surface area contributed by atoms with E-state index >= 15 is 0 Å². The Morgan fingerprint density at radius 2 is 1.31 bits per heavy atom.